The lowest BCUT2D eigenvalue weighted by molar-refractivity contribution is -0.143. The molecule has 0 aliphatic rings. The highest BCUT2D eigenvalue weighted by atomic mass is 16.5. The fourth-order valence-electron chi connectivity index (χ4n) is 9.46. The summed E-state index contributed by atoms with van der Waals surface area (Å²) in [6.07, 6.45) is 66.3. The lowest BCUT2D eigenvalue weighted by Gasteiger charge is -2.22. The van der Waals surface area contributed by atoms with Gasteiger partial charge in [0.2, 0.25) is 5.91 Å². The highest BCUT2D eigenvalue weighted by Crippen LogP contribution is 2.18. The molecule has 0 saturated heterocycles. The van der Waals surface area contributed by atoms with Crippen LogP contribution in [0.1, 0.15) is 335 Å². The third-order valence-electron chi connectivity index (χ3n) is 14.1. The summed E-state index contributed by atoms with van der Waals surface area (Å²) < 4.78 is 5.46. The number of allylic oxidation sites excluding steroid dienone is 2. The summed E-state index contributed by atoms with van der Waals surface area (Å²) >= 11 is 0. The number of carbonyl (C=O) groups excluding carboxylic acids is 2. The average Bonchev–Trinajstić information content (AvgIpc) is 3.32. The largest absolute Gasteiger partial charge is 0.466 e. The van der Waals surface area contributed by atoms with Crippen molar-refractivity contribution in [1.82, 2.24) is 5.32 Å². The normalized spacial score (nSPS) is 12.6. The molecule has 0 saturated carbocycles. The standard InChI is InChI=1S/C60H117NO5/c1-3-5-7-9-11-13-15-17-18-19-20-21-22-23-25-29-32-36-40-44-48-52-58(63)57(56-62)61-59(64)53-49-45-41-37-33-30-26-24-27-31-35-39-43-47-51-55-66-60(65)54-50-46-42-38-34-28-16-14-12-10-8-6-4-2/h14,16,57-58,62-63H,3-13,15,17-56H2,1-2H3,(H,61,64)/b16-14-. The summed E-state index contributed by atoms with van der Waals surface area (Å²) in [7, 11) is 0. The molecule has 0 fully saturated rings. The Kier molecular flexibility index (Phi) is 55.0. The summed E-state index contributed by atoms with van der Waals surface area (Å²) in [5.74, 6) is -0.0477. The van der Waals surface area contributed by atoms with E-state index in [-0.39, 0.29) is 18.5 Å². The maximum atomic E-state index is 12.5. The topological polar surface area (TPSA) is 95.9 Å². The molecular weight excluding hydrogens is 815 g/mol. The highest BCUT2D eigenvalue weighted by molar-refractivity contribution is 5.76. The Morgan fingerprint density at radius 1 is 0.409 bits per heavy atom. The van der Waals surface area contributed by atoms with E-state index in [1.54, 1.807) is 0 Å². The molecule has 0 heterocycles. The van der Waals surface area contributed by atoms with Gasteiger partial charge in [0.05, 0.1) is 25.4 Å². The maximum Gasteiger partial charge on any atom is 0.305 e. The quantitative estimate of drug-likeness (QED) is 0.0321. The van der Waals surface area contributed by atoms with E-state index in [1.807, 2.05) is 0 Å². The van der Waals surface area contributed by atoms with Crippen LogP contribution in [-0.4, -0.2) is 47.4 Å². The van der Waals surface area contributed by atoms with E-state index in [2.05, 4.69) is 31.3 Å². The summed E-state index contributed by atoms with van der Waals surface area (Å²) in [6.45, 7) is 4.94. The fourth-order valence-corrected chi connectivity index (χ4v) is 9.46. The average molecular weight is 933 g/mol. The summed E-state index contributed by atoms with van der Waals surface area (Å²) in [5, 5.41) is 23.4. The third kappa shape index (κ3) is 52.0. The summed E-state index contributed by atoms with van der Waals surface area (Å²) in [6, 6.07) is -0.548. The van der Waals surface area contributed by atoms with E-state index in [4.69, 9.17) is 4.74 Å². The van der Waals surface area contributed by atoms with Gasteiger partial charge in [-0.3, -0.25) is 9.59 Å². The van der Waals surface area contributed by atoms with Crippen molar-refractivity contribution >= 4 is 11.9 Å². The monoisotopic (exact) mass is 932 g/mol. The number of ether oxygens (including phenoxy) is 1. The number of amides is 1. The maximum absolute atomic E-state index is 12.5. The molecule has 0 aliphatic carbocycles. The zero-order chi connectivity index (χ0) is 47.9. The first-order valence-electron chi connectivity index (χ1n) is 29.9. The second-order valence-electron chi connectivity index (χ2n) is 20.7. The zero-order valence-corrected chi connectivity index (χ0v) is 44.7. The van der Waals surface area contributed by atoms with Gasteiger partial charge in [-0.25, -0.2) is 0 Å². The molecule has 0 rings (SSSR count). The lowest BCUT2D eigenvalue weighted by atomic mass is 10.0. The van der Waals surface area contributed by atoms with Crippen molar-refractivity contribution in [2.24, 2.45) is 0 Å². The van der Waals surface area contributed by atoms with E-state index in [0.717, 1.165) is 51.4 Å². The Labute approximate surface area is 412 Å². The van der Waals surface area contributed by atoms with Crippen LogP contribution >= 0.6 is 0 Å². The lowest BCUT2D eigenvalue weighted by Crippen LogP contribution is -2.45. The number of esters is 1. The van der Waals surface area contributed by atoms with Crippen LogP contribution in [0.2, 0.25) is 0 Å². The van der Waals surface area contributed by atoms with Gasteiger partial charge >= 0.3 is 5.97 Å². The Hall–Kier alpha value is -1.40. The number of aliphatic hydroxyl groups excluding tert-OH is 2. The molecule has 392 valence electrons. The van der Waals surface area contributed by atoms with Crippen LogP contribution in [-0.2, 0) is 14.3 Å². The molecule has 6 nitrogen and oxygen atoms in total. The van der Waals surface area contributed by atoms with Crippen molar-refractivity contribution in [3.63, 3.8) is 0 Å². The summed E-state index contributed by atoms with van der Waals surface area (Å²) in [5.41, 5.74) is 0. The van der Waals surface area contributed by atoms with Gasteiger partial charge in [-0.1, -0.05) is 283 Å². The molecule has 0 radical (unpaired) electrons. The number of nitrogens with one attached hydrogen (secondary N) is 1. The van der Waals surface area contributed by atoms with Gasteiger partial charge in [-0.15, -0.1) is 0 Å². The molecule has 0 aromatic heterocycles. The van der Waals surface area contributed by atoms with Gasteiger partial charge in [0.25, 0.3) is 0 Å². The number of rotatable bonds is 56. The van der Waals surface area contributed by atoms with Crippen LogP contribution in [0.5, 0.6) is 0 Å². The number of hydrogen-bond acceptors (Lipinski definition) is 5. The Bertz CT molecular complexity index is 986. The van der Waals surface area contributed by atoms with E-state index >= 15 is 0 Å². The molecule has 3 N–H and O–H groups in total. The fraction of sp³-hybridized carbons (Fsp3) is 0.933. The van der Waals surface area contributed by atoms with Crippen LogP contribution in [0.4, 0.5) is 0 Å². The van der Waals surface area contributed by atoms with Gasteiger partial charge in [0.15, 0.2) is 0 Å². The molecule has 6 heteroatoms. The number of carbonyl (C=O) groups is 2. The first kappa shape index (κ1) is 64.6. The molecular formula is C60H117NO5. The molecule has 0 aromatic carbocycles. The SMILES string of the molecule is CCCCCC/C=C\CCCCCCCC(=O)OCCCCCCCCCCCCCCCCCC(=O)NC(CO)C(O)CCCCCCCCCCCCCCCCCCCCCCC. The van der Waals surface area contributed by atoms with Crippen molar-refractivity contribution in [3.8, 4) is 0 Å². The van der Waals surface area contributed by atoms with Gasteiger partial charge in [0.1, 0.15) is 0 Å². The number of hydrogen-bond donors (Lipinski definition) is 3. The molecule has 0 spiro atoms. The molecule has 2 unspecified atom stereocenters. The van der Waals surface area contributed by atoms with Crippen molar-refractivity contribution in [2.45, 2.75) is 347 Å². The third-order valence-corrected chi connectivity index (χ3v) is 14.1. The Balaban J connectivity index is 3.43. The minimum absolute atomic E-state index is 0.00758. The van der Waals surface area contributed by atoms with E-state index < -0.39 is 12.1 Å². The minimum atomic E-state index is -0.670. The first-order valence-corrected chi connectivity index (χ1v) is 29.9. The Morgan fingerprint density at radius 3 is 1.09 bits per heavy atom. The molecule has 1 amide bonds. The van der Waals surface area contributed by atoms with Crippen molar-refractivity contribution in [1.29, 1.82) is 0 Å². The molecule has 0 aliphatic heterocycles. The summed E-state index contributed by atoms with van der Waals surface area (Å²) in [4.78, 5) is 24.5. The zero-order valence-electron chi connectivity index (χ0n) is 44.7. The van der Waals surface area contributed by atoms with Crippen LogP contribution in [0.3, 0.4) is 0 Å². The van der Waals surface area contributed by atoms with E-state index in [0.29, 0.717) is 25.9 Å². The van der Waals surface area contributed by atoms with Crippen molar-refractivity contribution < 1.29 is 24.5 Å². The second kappa shape index (κ2) is 56.2. The van der Waals surface area contributed by atoms with Crippen LogP contribution < -0.4 is 5.32 Å². The number of aliphatic hydroxyl groups is 2. The van der Waals surface area contributed by atoms with Crippen LogP contribution in [0.25, 0.3) is 0 Å². The first-order chi connectivity index (χ1) is 32.5. The Morgan fingerprint density at radius 2 is 0.712 bits per heavy atom. The minimum Gasteiger partial charge on any atom is -0.466 e. The van der Waals surface area contributed by atoms with E-state index in [9.17, 15) is 19.8 Å². The molecule has 0 bridgehead atoms. The van der Waals surface area contributed by atoms with Gasteiger partial charge < -0.3 is 20.3 Å². The van der Waals surface area contributed by atoms with Crippen LogP contribution in [0, 0.1) is 0 Å². The predicted molar refractivity (Wildman–Crippen MR) is 287 cm³/mol. The van der Waals surface area contributed by atoms with E-state index in [1.165, 1.54) is 250 Å². The molecule has 0 aromatic rings. The second-order valence-corrected chi connectivity index (χ2v) is 20.7. The van der Waals surface area contributed by atoms with Crippen molar-refractivity contribution in [3.05, 3.63) is 12.2 Å². The van der Waals surface area contributed by atoms with Crippen molar-refractivity contribution in [2.75, 3.05) is 13.2 Å². The number of unbranched alkanes of at least 4 members (excludes halogenated alkanes) is 43. The van der Waals surface area contributed by atoms with Gasteiger partial charge in [-0.2, -0.15) is 0 Å². The predicted octanol–water partition coefficient (Wildman–Crippen LogP) is 18.5. The highest BCUT2D eigenvalue weighted by Gasteiger charge is 2.20. The van der Waals surface area contributed by atoms with Crippen LogP contribution in [0.15, 0.2) is 12.2 Å². The smallest absolute Gasteiger partial charge is 0.305 e. The molecule has 2 atom stereocenters. The van der Waals surface area contributed by atoms with Gasteiger partial charge in [0, 0.05) is 12.8 Å². The molecule has 66 heavy (non-hydrogen) atoms. The van der Waals surface area contributed by atoms with Gasteiger partial charge in [-0.05, 0) is 51.4 Å².